The number of ether oxygens (including phenoxy) is 1. The normalized spacial score (nSPS) is 17.8. The number of nitrogens with one attached hydrogen (secondary N) is 1. The summed E-state index contributed by atoms with van der Waals surface area (Å²) in [7, 11) is 0. The van der Waals surface area contributed by atoms with E-state index in [1.165, 1.54) is 46.2 Å². The second-order valence-electron chi connectivity index (χ2n) is 10.9. The molecule has 1 N–H and O–H groups in total. The lowest BCUT2D eigenvalue weighted by molar-refractivity contribution is -0.117. The molecule has 3 heteroatoms. The van der Waals surface area contributed by atoms with Crippen LogP contribution in [-0.2, 0) is 17.6 Å². The van der Waals surface area contributed by atoms with Gasteiger partial charge >= 0.3 is 0 Å². The number of carbonyl (C=O) groups excluding carboxylic acids is 1. The third kappa shape index (κ3) is 4.37. The summed E-state index contributed by atoms with van der Waals surface area (Å²) in [6.45, 7) is 13.7. The average Bonchev–Trinajstić information content (AvgIpc) is 3.15. The molecule has 2 aliphatic rings. The molecule has 4 rings (SSSR count). The maximum Gasteiger partial charge on any atom is 0.224 e. The largest absolute Gasteiger partial charge is 0.492 e. The average molecular weight is 420 g/mol. The van der Waals surface area contributed by atoms with Gasteiger partial charge in [-0.3, -0.25) is 4.79 Å². The maximum absolute atomic E-state index is 12.9. The van der Waals surface area contributed by atoms with E-state index in [1.54, 1.807) is 0 Å². The highest BCUT2D eigenvalue weighted by Gasteiger charge is 2.34. The topological polar surface area (TPSA) is 38.3 Å². The van der Waals surface area contributed by atoms with Gasteiger partial charge in [-0.05, 0) is 71.8 Å². The molecule has 0 bridgehead atoms. The summed E-state index contributed by atoms with van der Waals surface area (Å²) in [5, 5.41) is 3.33. The molecule has 166 valence electrons. The number of fused-ring (bicyclic) bond motifs is 3. The van der Waals surface area contributed by atoms with Crippen LogP contribution < -0.4 is 10.1 Å². The van der Waals surface area contributed by atoms with E-state index in [0.29, 0.717) is 18.9 Å². The van der Waals surface area contributed by atoms with E-state index >= 15 is 0 Å². The van der Waals surface area contributed by atoms with Gasteiger partial charge in [0, 0.05) is 23.6 Å². The van der Waals surface area contributed by atoms with Gasteiger partial charge in [0.2, 0.25) is 5.91 Å². The number of hydrogen-bond acceptors (Lipinski definition) is 2. The summed E-state index contributed by atoms with van der Waals surface area (Å²) in [6, 6.07) is 9.01. The van der Waals surface area contributed by atoms with Crippen LogP contribution in [0.4, 0.5) is 5.69 Å². The van der Waals surface area contributed by atoms with Crippen molar-refractivity contribution in [3.63, 3.8) is 0 Å². The van der Waals surface area contributed by atoms with Crippen molar-refractivity contribution in [2.45, 2.75) is 85.5 Å². The lowest BCUT2D eigenvalue weighted by Gasteiger charge is -2.26. The highest BCUT2D eigenvalue weighted by Crippen LogP contribution is 2.49. The predicted octanol–water partition coefficient (Wildman–Crippen LogP) is 6.90. The molecule has 31 heavy (non-hydrogen) atoms. The molecule has 1 atom stereocenters. The Morgan fingerprint density at radius 3 is 2.35 bits per heavy atom. The van der Waals surface area contributed by atoms with E-state index in [4.69, 9.17) is 4.74 Å². The zero-order chi connectivity index (χ0) is 22.3. The van der Waals surface area contributed by atoms with Crippen molar-refractivity contribution in [1.82, 2.24) is 0 Å². The molecule has 0 radical (unpaired) electrons. The highest BCUT2D eigenvalue weighted by molar-refractivity contribution is 5.94. The van der Waals surface area contributed by atoms with Crippen molar-refractivity contribution in [3.05, 3.63) is 57.6 Å². The van der Waals surface area contributed by atoms with Crippen molar-refractivity contribution in [3.8, 4) is 5.75 Å². The van der Waals surface area contributed by atoms with Gasteiger partial charge in [0.05, 0.1) is 6.61 Å². The molecule has 0 aromatic heterocycles. The molecule has 3 nitrogen and oxygen atoms in total. The fourth-order valence-corrected chi connectivity index (χ4v) is 5.17. The molecule has 2 aromatic rings. The molecule has 0 spiro atoms. The summed E-state index contributed by atoms with van der Waals surface area (Å²) in [5.74, 6) is 1.96. The van der Waals surface area contributed by atoms with Gasteiger partial charge in [-0.1, -0.05) is 58.9 Å². The number of rotatable bonds is 4. The Kier molecular flexibility index (Phi) is 5.89. The Morgan fingerprint density at radius 1 is 1.10 bits per heavy atom. The lowest BCUT2D eigenvalue weighted by Crippen LogP contribution is -2.22. The Labute approximate surface area is 187 Å². The van der Waals surface area contributed by atoms with Crippen LogP contribution in [0.25, 0.3) is 0 Å². The number of anilines is 1. The quantitative estimate of drug-likeness (QED) is 0.585. The number of benzene rings is 2. The van der Waals surface area contributed by atoms with Crippen molar-refractivity contribution < 1.29 is 9.53 Å². The molecular formula is C28H37NO2. The van der Waals surface area contributed by atoms with E-state index < -0.39 is 0 Å². The lowest BCUT2D eigenvalue weighted by atomic mass is 9.81. The van der Waals surface area contributed by atoms with E-state index in [2.05, 4.69) is 71.1 Å². The minimum absolute atomic E-state index is 0.0292. The van der Waals surface area contributed by atoms with Crippen LogP contribution in [0.5, 0.6) is 5.75 Å². The fraction of sp³-hybridized carbons (Fsp3) is 0.536. The summed E-state index contributed by atoms with van der Waals surface area (Å²) in [5.41, 5.74) is 8.79. The van der Waals surface area contributed by atoms with Gasteiger partial charge in [-0.15, -0.1) is 0 Å². The predicted molar refractivity (Wildman–Crippen MR) is 128 cm³/mol. The zero-order valence-corrected chi connectivity index (χ0v) is 20.0. The Morgan fingerprint density at radius 2 is 1.74 bits per heavy atom. The second-order valence-corrected chi connectivity index (χ2v) is 10.9. The first-order valence-electron chi connectivity index (χ1n) is 11.9. The summed E-state index contributed by atoms with van der Waals surface area (Å²) in [6.07, 6.45) is 4.95. The molecule has 1 unspecified atom stereocenters. The van der Waals surface area contributed by atoms with Crippen LogP contribution in [0.15, 0.2) is 24.3 Å². The van der Waals surface area contributed by atoms with Crippen LogP contribution in [0.1, 0.15) is 99.1 Å². The molecule has 1 heterocycles. The van der Waals surface area contributed by atoms with E-state index in [-0.39, 0.29) is 17.2 Å². The minimum Gasteiger partial charge on any atom is -0.492 e. The van der Waals surface area contributed by atoms with Crippen molar-refractivity contribution in [2.75, 3.05) is 11.9 Å². The van der Waals surface area contributed by atoms with Crippen LogP contribution in [0.3, 0.4) is 0 Å². The van der Waals surface area contributed by atoms with Gasteiger partial charge < -0.3 is 10.1 Å². The number of hydrogen-bond donors (Lipinski definition) is 1. The summed E-state index contributed by atoms with van der Waals surface area (Å²) in [4.78, 5) is 12.9. The molecular weight excluding hydrogens is 382 g/mol. The van der Waals surface area contributed by atoms with Crippen LogP contribution >= 0.6 is 0 Å². The van der Waals surface area contributed by atoms with Crippen LogP contribution in [0, 0.1) is 12.3 Å². The minimum atomic E-state index is -0.0292. The Balaban J connectivity index is 1.76. The van der Waals surface area contributed by atoms with Crippen molar-refractivity contribution in [1.29, 1.82) is 0 Å². The molecule has 0 fully saturated rings. The van der Waals surface area contributed by atoms with Gasteiger partial charge in [-0.2, -0.15) is 0 Å². The standard InChI is InChI=1S/C28H37NO2/c1-17(2)19-11-13-20(14-12-19)23-16-31-27-22-10-8-7-9-21(22)26(18(3)25(23)27)29-24(30)15-28(4,5)6/h11-14,17,23H,7-10,15-16H2,1-6H3,(H,29,30). The van der Waals surface area contributed by atoms with E-state index in [0.717, 1.165) is 24.3 Å². The van der Waals surface area contributed by atoms with Crippen LogP contribution in [-0.4, -0.2) is 12.5 Å². The molecule has 1 amide bonds. The number of carbonyl (C=O) groups is 1. The fourth-order valence-electron chi connectivity index (χ4n) is 5.17. The van der Waals surface area contributed by atoms with Gasteiger partial charge in [0.25, 0.3) is 0 Å². The maximum atomic E-state index is 12.9. The van der Waals surface area contributed by atoms with Gasteiger partial charge in [0.15, 0.2) is 0 Å². The Hall–Kier alpha value is -2.29. The molecule has 1 aliphatic carbocycles. The van der Waals surface area contributed by atoms with Crippen LogP contribution in [0.2, 0.25) is 0 Å². The Bertz CT molecular complexity index is 980. The first-order chi connectivity index (χ1) is 14.7. The van der Waals surface area contributed by atoms with E-state index in [9.17, 15) is 4.79 Å². The number of amides is 1. The summed E-state index contributed by atoms with van der Waals surface area (Å²) >= 11 is 0. The third-order valence-electron chi connectivity index (χ3n) is 6.77. The zero-order valence-electron chi connectivity index (χ0n) is 20.0. The highest BCUT2D eigenvalue weighted by atomic mass is 16.5. The molecule has 0 saturated heterocycles. The van der Waals surface area contributed by atoms with Crippen molar-refractivity contribution in [2.24, 2.45) is 5.41 Å². The van der Waals surface area contributed by atoms with Gasteiger partial charge in [0.1, 0.15) is 5.75 Å². The monoisotopic (exact) mass is 419 g/mol. The third-order valence-corrected chi connectivity index (χ3v) is 6.77. The molecule has 0 saturated carbocycles. The SMILES string of the molecule is Cc1c(NC(=O)CC(C)(C)C)c2c(c3c1C(c1ccc(C(C)C)cc1)CO3)CCCC2. The first-order valence-corrected chi connectivity index (χ1v) is 11.9. The first kappa shape index (κ1) is 21.9. The molecule has 2 aromatic carbocycles. The van der Waals surface area contributed by atoms with E-state index in [1.807, 2.05) is 0 Å². The smallest absolute Gasteiger partial charge is 0.224 e. The summed E-state index contributed by atoms with van der Waals surface area (Å²) < 4.78 is 6.35. The van der Waals surface area contributed by atoms with Gasteiger partial charge in [-0.25, -0.2) is 0 Å². The second kappa shape index (κ2) is 8.33. The molecule has 1 aliphatic heterocycles. The van der Waals surface area contributed by atoms with Crippen molar-refractivity contribution >= 4 is 11.6 Å².